The summed E-state index contributed by atoms with van der Waals surface area (Å²) >= 11 is 0. The lowest BCUT2D eigenvalue weighted by atomic mass is 10.1. The second-order valence-electron chi connectivity index (χ2n) is 7.62. The molecule has 1 amide bonds. The summed E-state index contributed by atoms with van der Waals surface area (Å²) in [5.74, 6) is 0.872. The third-order valence-electron chi connectivity index (χ3n) is 5.10. The predicted octanol–water partition coefficient (Wildman–Crippen LogP) is 3.86. The zero-order valence-corrected chi connectivity index (χ0v) is 19.4. The van der Waals surface area contributed by atoms with Gasteiger partial charge in [0.05, 0.1) is 6.61 Å². The van der Waals surface area contributed by atoms with Crippen LogP contribution in [-0.4, -0.2) is 46.4 Å². The fourth-order valence-corrected chi connectivity index (χ4v) is 3.41. The van der Waals surface area contributed by atoms with Gasteiger partial charge in [0, 0.05) is 30.6 Å². The first kappa shape index (κ1) is 23.7. The molecule has 2 aromatic heterocycles. The molecule has 10 heteroatoms. The van der Waals surface area contributed by atoms with Gasteiger partial charge in [-0.3, -0.25) is 0 Å². The van der Waals surface area contributed by atoms with E-state index in [0.29, 0.717) is 17.5 Å². The number of fused-ring (bicyclic) bond motifs is 1. The molecule has 2 N–H and O–H groups in total. The Morgan fingerprint density at radius 2 is 1.91 bits per heavy atom. The first-order chi connectivity index (χ1) is 17.0. The van der Waals surface area contributed by atoms with E-state index in [-0.39, 0.29) is 19.8 Å². The number of hydrogen-bond donors (Lipinski definition) is 2. The van der Waals surface area contributed by atoms with Crippen molar-refractivity contribution in [3.8, 4) is 11.4 Å². The summed E-state index contributed by atoms with van der Waals surface area (Å²) in [7, 11) is 0. The largest absolute Gasteiger partial charge is 0.464 e. The maximum Gasteiger partial charge on any atom is 0.408 e. The van der Waals surface area contributed by atoms with Crippen molar-refractivity contribution in [3.63, 3.8) is 0 Å². The quantitative estimate of drug-likeness (QED) is 0.347. The van der Waals surface area contributed by atoms with E-state index in [2.05, 4.69) is 25.8 Å². The highest BCUT2D eigenvalue weighted by Gasteiger charge is 2.23. The number of hydrogen-bond acceptors (Lipinski definition) is 9. The number of anilines is 1. The molecule has 2 heterocycles. The summed E-state index contributed by atoms with van der Waals surface area (Å²) in [6, 6.07) is 15.8. The molecular weight excluding hydrogens is 450 g/mol. The summed E-state index contributed by atoms with van der Waals surface area (Å²) in [5, 5.41) is 11.4. The van der Waals surface area contributed by atoms with Crippen molar-refractivity contribution in [3.05, 3.63) is 72.2 Å². The second-order valence-corrected chi connectivity index (χ2v) is 7.62. The Bertz CT molecular complexity index is 1310. The molecule has 180 valence electrons. The number of ether oxygens (including phenoxy) is 2. The number of aromatic nitrogens is 3. The summed E-state index contributed by atoms with van der Waals surface area (Å²) in [5.41, 5.74) is 1.59. The highest BCUT2D eigenvalue weighted by Crippen LogP contribution is 2.26. The molecule has 0 bridgehead atoms. The number of aryl methyl sites for hydroxylation is 1. The lowest BCUT2D eigenvalue weighted by Gasteiger charge is -2.18. The molecule has 35 heavy (non-hydrogen) atoms. The van der Waals surface area contributed by atoms with Gasteiger partial charge < -0.3 is 24.6 Å². The first-order valence-corrected chi connectivity index (χ1v) is 11.1. The fourth-order valence-electron chi connectivity index (χ4n) is 3.41. The van der Waals surface area contributed by atoms with Gasteiger partial charge in [0.15, 0.2) is 0 Å². The SMILES string of the molecule is CCOC(=O)[C@@H](CNc1nccc2ccc(-c3noc(C)n3)cc12)NC(=O)OCc1ccccc1. The summed E-state index contributed by atoms with van der Waals surface area (Å²) in [6.45, 7) is 3.72. The van der Waals surface area contributed by atoms with Crippen LogP contribution in [0.3, 0.4) is 0 Å². The van der Waals surface area contributed by atoms with Crippen molar-refractivity contribution < 1.29 is 23.6 Å². The summed E-state index contributed by atoms with van der Waals surface area (Å²) in [4.78, 5) is 33.5. The molecule has 4 rings (SSSR count). The van der Waals surface area contributed by atoms with Gasteiger partial charge in [-0.05, 0) is 30.0 Å². The van der Waals surface area contributed by atoms with Crippen molar-refractivity contribution in [2.75, 3.05) is 18.5 Å². The topological polar surface area (TPSA) is 128 Å². The number of alkyl carbamates (subject to hydrolysis) is 1. The van der Waals surface area contributed by atoms with Gasteiger partial charge in [-0.2, -0.15) is 4.98 Å². The van der Waals surface area contributed by atoms with Gasteiger partial charge in [0.2, 0.25) is 11.7 Å². The maximum atomic E-state index is 12.5. The molecule has 0 aliphatic carbocycles. The van der Waals surface area contributed by atoms with Crippen LogP contribution in [0, 0.1) is 6.92 Å². The summed E-state index contributed by atoms with van der Waals surface area (Å²) in [6.07, 6.45) is 0.929. The lowest BCUT2D eigenvalue weighted by molar-refractivity contribution is -0.145. The predicted molar refractivity (Wildman–Crippen MR) is 128 cm³/mol. The van der Waals surface area contributed by atoms with Crippen LogP contribution in [0.5, 0.6) is 0 Å². The number of carbonyl (C=O) groups excluding carboxylic acids is 2. The average Bonchev–Trinajstić information content (AvgIpc) is 3.32. The molecule has 0 fully saturated rings. The monoisotopic (exact) mass is 475 g/mol. The second kappa shape index (κ2) is 11.1. The zero-order valence-electron chi connectivity index (χ0n) is 19.4. The highest BCUT2D eigenvalue weighted by molar-refractivity contribution is 5.94. The Balaban J connectivity index is 1.48. The Morgan fingerprint density at radius 1 is 1.09 bits per heavy atom. The molecule has 0 saturated heterocycles. The average molecular weight is 476 g/mol. The lowest BCUT2D eigenvalue weighted by Crippen LogP contribution is -2.46. The van der Waals surface area contributed by atoms with E-state index in [0.717, 1.165) is 21.9 Å². The molecule has 1 atom stereocenters. The van der Waals surface area contributed by atoms with Crippen molar-refractivity contribution >= 4 is 28.7 Å². The molecule has 4 aromatic rings. The molecular formula is C25H25N5O5. The van der Waals surface area contributed by atoms with E-state index in [9.17, 15) is 9.59 Å². The fraction of sp³-hybridized carbons (Fsp3) is 0.240. The first-order valence-electron chi connectivity index (χ1n) is 11.1. The third kappa shape index (κ3) is 6.11. The van der Waals surface area contributed by atoms with Crippen molar-refractivity contribution in [1.82, 2.24) is 20.4 Å². The molecule has 0 saturated carbocycles. The molecule has 0 aliphatic rings. The normalized spacial score (nSPS) is 11.6. The number of nitrogens with one attached hydrogen (secondary N) is 2. The van der Waals surface area contributed by atoms with Crippen LogP contribution in [-0.2, 0) is 20.9 Å². The van der Waals surface area contributed by atoms with Crippen molar-refractivity contribution in [1.29, 1.82) is 0 Å². The van der Waals surface area contributed by atoms with E-state index in [1.165, 1.54) is 0 Å². The summed E-state index contributed by atoms with van der Waals surface area (Å²) < 4.78 is 15.5. The van der Waals surface area contributed by atoms with Gasteiger partial charge in [0.1, 0.15) is 18.5 Å². The van der Waals surface area contributed by atoms with Crippen LogP contribution >= 0.6 is 0 Å². The van der Waals surface area contributed by atoms with Crippen LogP contribution in [0.2, 0.25) is 0 Å². The number of nitrogens with zero attached hydrogens (tertiary/aromatic N) is 3. The molecule has 10 nitrogen and oxygen atoms in total. The van der Waals surface area contributed by atoms with Gasteiger partial charge in [-0.15, -0.1) is 0 Å². The Hall–Kier alpha value is -4.47. The van der Waals surface area contributed by atoms with Gasteiger partial charge in [0.25, 0.3) is 0 Å². The van der Waals surface area contributed by atoms with E-state index >= 15 is 0 Å². The number of carbonyl (C=O) groups is 2. The van der Waals surface area contributed by atoms with Crippen LogP contribution in [0.4, 0.5) is 10.6 Å². The van der Waals surface area contributed by atoms with Crippen molar-refractivity contribution in [2.45, 2.75) is 26.5 Å². The van der Waals surface area contributed by atoms with E-state index in [4.69, 9.17) is 14.0 Å². The molecule has 0 radical (unpaired) electrons. The number of pyridine rings is 1. The van der Waals surface area contributed by atoms with Crippen LogP contribution in [0.15, 0.2) is 65.3 Å². The Labute approximate surface area is 201 Å². The minimum absolute atomic E-state index is 0.0386. The van der Waals surface area contributed by atoms with Crippen LogP contribution in [0.1, 0.15) is 18.4 Å². The minimum atomic E-state index is -0.988. The van der Waals surface area contributed by atoms with Crippen LogP contribution in [0.25, 0.3) is 22.2 Å². The number of benzene rings is 2. The van der Waals surface area contributed by atoms with Gasteiger partial charge >= 0.3 is 12.1 Å². The molecule has 0 unspecified atom stereocenters. The molecule has 0 aliphatic heterocycles. The Morgan fingerprint density at radius 3 is 2.66 bits per heavy atom. The van der Waals surface area contributed by atoms with Gasteiger partial charge in [-0.25, -0.2) is 14.6 Å². The molecule has 0 spiro atoms. The smallest absolute Gasteiger partial charge is 0.408 e. The molecule has 2 aromatic carbocycles. The highest BCUT2D eigenvalue weighted by atomic mass is 16.6. The number of amides is 1. The minimum Gasteiger partial charge on any atom is -0.464 e. The number of rotatable bonds is 9. The third-order valence-corrected chi connectivity index (χ3v) is 5.10. The van der Waals surface area contributed by atoms with Crippen molar-refractivity contribution in [2.24, 2.45) is 0 Å². The van der Waals surface area contributed by atoms with E-state index in [1.54, 1.807) is 20.0 Å². The number of esters is 1. The zero-order chi connectivity index (χ0) is 24.6. The van der Waals surface area contributed by atoms with Gasteiger partial charge in [-0.1, -0.05) is 47.6 Å². The van der Waals surface area contributed by atoms with E-state index in [1.807, 2.05) is 54.6 Å². The maximum absolute atomic E-state index is 12.5. The Kier molecular flexibility index (Phi) is 7.51. The standard InChI is InChI=1S/C25H25N5O5/c1-3-33-24(31)21(29-25(32)34-15-17-7-5-4-6-8-17)14-27-23-20-13-19(22-28-16(2)35-30-22)10-9-18(20)11-12-26-23/h4-13,21H,3,14-15H2,1-2H3,(H,26,27)(H,29,32)/t21-/m1/s1. The van der Waals surface area contributed by atoms with Crippen LogP contribution < -0.4 is 10.6 Å². The van der Waals surface area contributed by atoms with E-state index < -0.39 is 18.1 Å².